The fourth-order valence-corrected chi connectivity index (χ4v) is 4.75. The van der Waals surface area contributed by atoms with Gasteiger partial charge in [-0.2, -0.15) is 0 Å². The summed E-state index contributed by atoms with van der Waals surface area (Å²) in [6.45, 7) is 1.90. The van der Waals surface area contributed by atoms with Crippen LogP contribution in [0.25, 0.3) is 6.08 Å². The van der Waals surface area contributed by atoms with Crippen LogP contribution in [0, 0.1) is 5.82 Å². The van der Waals surface area contributed by atoms with Crippen LogP contribution in [0.3, 0.4) is 0 Å². The number of carbonyl (C=O) groups is 3. The number of hydrogen-bond acceptors (Lipinski definition) is 5. The van der Waals surface area contributed by atoms with E-state index in [4.69, 9.17) is 12.2 Å². The number of piperidine rings is 1. The topological polar surface area (TPSA) is 77.9 Å². The normalized spacial score (nSPS) is 22.6. The molecule has 0 aromatic heterocycles. The van der Waals surface area contributed by atoms with Crippen molar-refractivity contribution < 1.29 is 23.9 Å². The highest BCUT2D eigenvalue weighted by Crippen LogP contribution is 2.34. The number of carbonyl (C=O) groups excluding carboxylic acids is 2. The minimum atomic E-state index is -1.04. The van der Waals surface area contributed by atoms with Crippen molar-refractivity contribution in [2.24, 2.45) is 0 Å². The van der Waals surface area contributed by atoms with Crippen molar-refractivity contribution in [2.45, 2.75) is 38.3 Å². The molecule has 28 heavy (non-hydrogen) atoms. The number of benzene rings is 1. The molecule has 2 fully saturated rings. The second-order valence-corrected chi connectivity index (χ2v) is 8.34. The summed E-state index contributed by atoms with van der Waals surface area (Å²) >= 11 is 6.36. The van der Waals surface area contributed by atoms with Gasteiger partial charge in [0.1, 0.15) is 22.2 Å². The first-order valence-corrected chi connectivity index (χ1v) is 10.1. The molecule has 2 amide bonds. The van der Waals surface area contributed by atoms with Crippen molar-refractivity contribution in [1.82, 2.24) is 9.80 Å². The second-order valence-electron chi connectivity index (χ2n) is 6.66. The molecule has 0 saturated carbocycles. The van der Waals surface area contributed by atoms with E-state index in [1.54, 1.807) is 25.1 Å². The van der Waals surface area contributed by atoms with Crippen LogP contribution in [0.15, 0.2) is 29.2 Å². The summed E-state index contributed by atoms with van der Waals surface area (Å²) in [5, 5.41) is 9.39. The number of carboxylic acids is 1. The molecular weight excluding hydrogens is 403 g/mol. The Kier molecular flexibility index (Phi) is 6.14. The maximum absolute atomic E-state index is 13.1. The Morgan fingerprint density at radius 2 is 2.00 bits per heavy atom. The van der Waals surface area contributed by atoms with Crippen LogP contribution in [0.5, 0.6) is 0 Å². The predicted octanol–water partition coefficient (Wildman–Crippen LogP) is 2.88. The Hall–Kier alpha value is -2.26. The van der Waals surface area contributed by atoms with Crippen molar-refractivity contribution in [1.29, 1.82) is 0 Å². The first-order chi connectivity index (χ1) is 13.3. The van der Waals surface area contributed by atoms with Crippen molar-refractivity contribution in [3.8, 4) is 0 Å². The summed E-state index contributed by atoms with van der Waals surface area (Å²) in [5.74, 6) is -2.25. The molecule has 0 spiro atoms. The highest BCUT2D eigenvalue weighted by Gasteiger charge is 2.42. The zero-order chi connectivity index (χ0) is 20.4. The lowest BCUT2D eigenvalue weighted by Gasteiger charge is -2.36. The summed E-state index contributed by atoms with van der Waals surface area (Å²) < 4.78 is 13.3. The van der Waals surface area contributed by atoms with Gasteiger partial charge in [-0.15, -0.1) is 0 Å². The smallest absolute Gasteiger partial charge is 0.326 e. The predicted molar refractivity (Wildman–Crippen MR) is 108 cm³/mol. The molecule has 2 saturated heterocycles. The fraction of sp³-hybridized carbons (Fsp3) is 0.368. The van der Waals surface area contributed by atoms with Gasteiger partial charge in [0.25, 0.3) is 5.91 Å². The number of hydrogen-bond donors (Lipinski definition) is 1. The van der Waals surface area contributed by atoms with Gasteiger partial charge in [0.2, 0.25) is 5.91 Å². The molecule has 148 valence electrons. The molecule has 6 nitrogen and oxygen atoms in total. The number of likely N-dealkylation sites (tertiary alicyclic amines) is 1. The van der Waals surface area contributed by atoms with Crippen LogP contribution in [-0.4, -0.2) is 55.6 Å². The highest BCUT2D eigenvalue weighted by molar-refractivity contribution is 8.26. The average molecular weight is 423 g/mol. The average Bonchev–Trinajstić information content (AvgIpc) is 2.95. The number of aliphatic carboxylic acids is 1. The van der Waals surface area contributed by atoms with Gasteiger partial charge in [-0.1, -0.05) is 36.1 Å². The molecule has 0 bridgehead atoms. The van der Waals surface area contributed by atoms with Crippen LogP contribution < -0.4 is 0 Å². The number of nitrogens with zero attached hydrogens (tertiary/aromatic N) is 2. The SMILES string of the molecule is CC(C(=O)N1CCCCC1C(=O)O)N1C(=O)C(=Cc2ccc(F)cc2)SC1=S. The number of thioether (sulfide) groups is 1. The second kappa shape index (κ2) is 8.40. The molecule has 1 N–H and O–H groups in total. The Morgan fingerprint density at radius 3 is 2.64 bits per heavy atom. The summed E-state index contributed by atoms with van der Waals surface area (Å²) in [6.07, 6.45) is 3.47. The lowest BCUT2D eigenvalue weighted by Crippen LogP contribution is -2.55. The minimum absolute atomic E-state index is 0.239. The Labute approximate surface area is 171 Å². The van der Waals surface area contributed by atoms with Crippen molar-refractivity contribution in [3.05, 3.63) is 40.6 Å². The maximum Gasteiger partial charge on any atom is 0.326 e. The molecular formula is C19H19FN2O4S2. The van der Waals surface area contributed by atoms with E-state index in [2.05, 4.69) is 0 Å². The molecule has 0 radical (unpaired) electrons. The number of carboxylic acid groups (broad SMARTS) is 1. The van der Waals surface area contributed by atoms with E-state index in [-0.39, 0.29) is 10.1 Å². The van der Waals surface area contributed by atoms with Crippen LogP contribution in [0.2, 0.25) is 0 Å². The Morgan fingerprint density at radius 1 is 1.32 bits per heavy atom. The third-order valence-corrected chi connectivity index (χ3v) is 6.14. The molecule has 2 heterocycles. The van der Waals surface area contributed by atoms with Gasteiger partial charge in [0.05, 0.1) is 4.91 Å². The van der Waals surface area contributed by atoms with Crippen molar-refractivity contribution in [2.75, 3.05) is 6.54 Å². The molecule has 2 aliphatic rings. The monoisotopic (exact) mass is 422 g/mol. The van der Waals surface area contributed by atoms with E-state index in [0.717, 1.165) is 24.6 Å². The number of thiocarbonyl (C=S) groups is 1. The van der Waals surface area contributed by atoms with Gasteiger partial charge in [0.15, 0.2) is 0 Å². The first kappa shape index (κ1) is 20.5. The summed E-state index contributed by atoms with van der Waals surface area (Å²) in [6, 6.07) is 3.90. The highest BCUT2D eigenvalue weighted by atomic mass is 32.2. The van der Waals surface area contributed by atoms with E-state index in [1.165, 1.54) is 21.9 Å². The number of halogens is 1. The van der Waals surface area contributed by atoms with E-state index < -0.39 is 29.9 Å². The number of amides is 2. The van der Waals surface area contributed by atoms with Crippen LogP contribution in [0.4, 0.5) is 4.39 Å². The van der Waals surface area contributed by atoms with Crippen molar-refractivity contribution in [3.63, 3.8) is 0 Å². The van der Waals surface area contributed by atoms with Crippen molar-refractivity contribution >= 4 is 52.2 Å². The van der Waals surface area contributed by atoms with E-state index in [1.807, 2.05) is 0 Å². The maximum atomic E-state index is 13.1. The Bertz CT molecular complexity index is 856. The van der Waals surface area contributed by atoms with Crippen LogP contribution >= 0.6 is 24.0 Å². The lowest BCUT2D eigenvalue weighted by atomic mass is 10.0. The zero-order valence-electron chi connectivity index (χ0n) is 15.1. The van der Waals surface area contributed by atoms with Gasteiger partial charge in [-0.05, 0) is 50.0 Å². The molecule has 9 heteroatoms. The third kappa shape index (κ3) is 4.10. The standard InChI is InChI=1S/C19H19FN2O4S2/c1-11(16(23)21-9-3-2-4-14(21)18(25)26)22-17(24)15(28-19(22)27)10-12-5-7-13(20)8-6-12/h5-8,10-11,14H,2-4,9H2,1H3,(H,25,26). The summed E-state index contributed by atoms with van der Waals surface area (Å²) in [4.78, 5) is 40.1. The van der Waals surface area contributed by atoms with Gasteiger partial charge < -0.3 is 10.0 Å². The molecule has 0 aliphatic carbocycles. The van der Waals surface area contributed by atoms with Gasteiger partial charge >= 0.3 is 5.97 Å². The quantitative estimate of drug-likeness (QED) is 0.594. The van der Waals surface area contributed by atoms with Gasteiger partial charge in [-0.3, -0.25) is 14.5 Å². The molecule has 3 rings (SSSR count). The molecule has 1 aromatic rings. The zero-order valence-corrected chi connectivity index (χ0v) is 16.8. The van der Waals surface area contributed by atoms with E-state index in [0.29, 0.717) is 23.4 Å². The molecule has 1 aromatic carbocycles. The minimum Gasteiger partial charge on any atom is -0.480 e. The van der Waals surface area contributed by atoms with Gasteiger partial charge in [-0.25, -0.2) is 9.18 Å². The van der Waals surface area contributed by atoms with E-state index >= 15 is 0 Å². The summed E-state index contributed by atoms with van der Waals surface area (Å²) in [7, 11) is 0. The largest absolute Gasteiger partial charge is 0.480 e. The van der Waals surface area contributed by atoms with Crippen LogP contribution in [-0.2, 0) is 14.4 Å². The first-order valence-electron chi connectivity index (χ1n) is 8.85. The molecule has 2 unspecified atom stereocenters. The fourth-order valence-electron chi connectivity index (χ4n) is 3.33. The van der Waals surface area contributed by atoms with Gasteiger partial charge in [0, 0.05) is 6.54 Å². The molecule has 2 aliphatic heterocycles. The number of rotatable bonds is 4. The third-order valence-electron chi connectivity index (χ3n) is 4.81. The summed E-state index contributed by atoms with van der Waals surface area (Å²) in [5.41, 5.74) is 0.642. The lowest BCUT2D eigenvalue weighted by molar-refractivity contribution is -0.154. The van der Waals surface area contributed by atoms with E-state index in [9.17, 15) is 23.9 Å². The molecule has 2 atom stereocenters. The Balaban J connectivity index is 1.79. The van der Waals surface area contributed by atoms with Crippen LogP contribution in [0.1, 0.15) is 31.7 Å².